The first-order valence-electron chi connectivity index (χ1n) is 12.5. The minimum absolute atomic E-state index is 0.0832. The van der Waals surface area contributed by atoms with Gasteiger partial charge in [0, 0.05) is 24.2 Å². The number of fused-ring (bicyclic) bond motifs is 1. The molecule has 4 rings (SSSR count). The Morgan fingerprint density at radius 2 is 2.08 bits per heavy atom. The van der Waals surface area contributed by atoms with Crippen molar-refractivity contribution in [3.8, 4) is 17.6 Å². The first kappa shape index (κ1) is 27.9. The van der Waals surface area contributed by atoms with Crippen LogP contribution in [0.5, 0.6) is 5.75 Å². The number of benzene rings is 2. The summed E-state index contributed by atoms with van der Waals surface area (Å²) in [5.74, 6) is 2.02. The van der Waals surface area contributed by atoms with Gasteiger partial charge in [-0.05, 0) is 61.9 Å². The smallest absolute Gasteiger partial charge is 0.335 e. The highest BCUT2D eigenvalue weighted by molar-refractivity contribution is 5.94. The van der Waals surface area contributed by atoms with Gasteiger partial charge in [0.1, 0.15) is 11.9 Å². The monoisotopic (exact) mass is 540 g/mol. The van der Waals surface area contributed by atoms with Gasteiger partial charge >= 0.3 is 5.97 Å². The van der Waals surface area contributed by atoms with Crippen molar-refractivity contribution in [2.45, 2.75) is 31.1 Å². The Labute approximate surface area is 225 Å². The molecule has 10 heteroatoms. The van der Waals surface area contributed by atoms with Crippen molar-refractivity contribution in [2.24, 2.45) is 0 Å². The molecule has 0 amide bonds. The first-order valence-corrected chi connectivity index (χ1v) is 12.5. The van der Waals surface area contributed by atoms with Crippen LogP contribution in [-0.2, 0) is 6.54 Å². The van der Waals surface area contributed by atoms with Gasteiger partial charge in [-0.3, -0.25) is 0 Å². The second-order valence-corrected chi connectivity index (χ2v) is 9.51. The van der Waals surface area contributed by atoms with E-state index in [1.807, 2.05) is 18.0 Å². The Hall–Kier alpha value is -4.10. The number of aromatic carboxylic acids is 1. The lowest BCUT2D eigenvalue weighted by atomic mass is 10.0. The number of anilines is 2. The summed E-state index contributed by atoms with van der Waals surface area (Å²) in [5, 5.41) is 16.2. The van der Waals surface area contributed by atoms with Crippen LogP contribution in [0.3, 0.4) is 0 Å². The highest BCUT2D eigenvalue weighted by atomic mass is 19.3. The molecule has 1 aliphatic rings. The molecular formula is C29H31F3N4O3. The number of carboxylic acids is 1. The normalized spacial score (nSPS) is 17.8. The van der Waals surface area contributed by atoms with E-state index in [-0.39, 0.29) is 18.2 Å². The molecule has 3 aromatic rings. The molecule has 0 spiro atoms. The molecule has 1 fully saturated rings. The summed E-state index contributed by atoms with van der Waals surface area (Å²) in [4.78, 5) is 13.1. The summed E-state index contributed by atoms with van der Waals surface area (Å²) in [6.45, 7) is 3.84. The molecule has 7 nitrogen and oxygen atoms in total. The largest absolute Gasteiger partial charge is 0.495 e. The van der Waals surface area contributed by atoms with Crippen LogP contribution in [0.25, 0.3) is 10.9 Å². The van der Waals surface area contributed by atoms with Gasteiger partial charge < -0.3 is 29.9 Å². The van der Waals surface area contributed by atoms with Gasteiger partial charge in [-0.15, -0.1) is 0 Å². The maximum Gasteiger partial charge on any atom is 0.335 e. The summed E-state index contributed by atoms with van der Waals surface area (Å²) >= 11 is 0. The topological polar surface area (TPSA) is 78.8 Å². The van der Waals surface area contributed by atoms with E-state index in [2.05, 4.69) is 29.1 Å². The second-order valence-electron chi connectivity index (χ2n) is 9.51. The fourth-order valence-electron chi connectivity index (χ4n) is 4.62. The number of likely N-dealkylation sites (tertiary alicyclic amines) is 1. The number of ether oxygens (including phenoxy) is 1. The number of nitrogens with zero attached hydrogens (tertiary/aromatic N) is 2. The number of aromatic nitrogens is 1. The number of allylic oxidation sites excluding steroid dienone is 1. The van der Waals surface area contributed by atoms with Crippen LogP contribution < -0.4 is 15.4 Å². The molecule has 1 aromatic heterocycles. The molecule has 0 aliphatic carbocycles. The molecule has 0 saturated carbocycles. The Morgan fingerprint density at radius 3 is 2.77 bits per heavy atom. The Balaban J connectivity index is 1.62. The lowest BCUT2D eigenvalue weighted by Gasteiger charge is -2.33. The van der Waals surface area contributed by atoms with Crippen LogP contribution in [0.15, 0.2) is 55.1 Å². The van der Waals surface area contributed by atoms with Gasteiger partial charge in [-0.2, -0.15) is 0 Å². The molecule has 0 bridgehead atoms. The van der Waals surface area contributed by atoms with Gasteiger partial charge in [0.15, 0.2) is 0 Å². The highest BCUT2D eigenvalue weighted by Gasteiger charge is 2.29. The SMILES string of the molecule is C=CC(F)(F)Cn1c(C#CCNc2ccc(C(=O)O)cc2OC)cc2c(N[C@@H]3CCN(C)C[C@@H]3F)cccc21. The van der Waals surface area contributed by atoms with Crippen LogP contribution >= 0.6 is 0 Å². The maximum absolute atomic E-state index is 14.7. The van der Waals surface area contributed by atoms with E-state index < -0.39 is 24.6 Å². The van der Waals surface area contributed by atoms with Crippen molar-refractivity contribution < 1.29 is 27.8 Å². The maximum atomic E-state index is 14.7. The summed E-state index contributed by atoms with van der Waals surface area (Å²) < 4.78 is 50.3. The Morgan fingerprint density at radius 1 is 1.28 bits per heavy atom. The quantitative estimate of drug-likeness (QED) is 0.259. The molecule has 1 saturated heterocycles. The average Bonchev–Trinajstić information content (AvgIpc) is 3.25. The van der Waals surface area contributed by atoms with Crippen molar-refractivity contribution in [3.63, 3.8) is 0 Å². The van der Waals surface area contributed by atoms with Gasteiger partial charge in [-0.1, -0.05) is 18.6 Å². The molecule has 2 heterocycles. The Bertz CT molecular complexity index is 1430. The lowest BCUT2D eigenvalue weighted by molar-refractivity contribution is 0.0375. The zero-order valence-electron chi connectivity index (χ0n) is 21.8. The van der Waals surface area contributed by atoms with Crippen LogP contribution in [0.2, 0.25) is 0 Å². The van der Waals surface area contributed by atoms with E-state index in [0.717, 1.165) is 6.54 Å². The molecular weight excluding hydrogens is 509 g/mol. The molecule has 0 radical (unpaired) electrons. The number of hydrogen-bond acceptors (Lipinski definition) is 5. The van der Waals surface area contributed by atoms with E-state index in [1.165, 1.54) is 23.8 Å². The van der Waals surface area contributed by atoms with Crippen LogP contribution in [0, 0.1) is 11.8 Å². The van der Waals surface area contributed by atoms with Crippen LogP contribution in [0.4, 0.5) is 24.5 Å². The number of nitrogens with one attached hydrogen (secondary N) is 2. The van der Waals surface area contributed by atoms with Crippen LogP contribution in [-0.4, -0.2) is 72.5 Å². The number of carboxylic acid groups (broad SMARTS) is 1. The third-order valence-corrected chi connectivity index (χ3v) is 6.73. The van der Waals surface area contributed by atoms with Gasteiger partial charge in [0.25, 0.3) is 5.92 Å². The Kier molecular flexibility index (Phi) is 8.41. The van der Waals surface area contributed by atoms with E-state index in [9.17, 15) is 18.0 Å². The number of hydrogen-bond donors (Lipinski definition) is 3. The first-order chi connectivity index (χ1) is 18.6. The van der Waals surface area contributed by atoms with E-state index in [1.54, 1.807) is 24.3 Å². The van der Waals surface area contributed by atoms with Gasteiger partial charge in [0.2, 0.25) is 0 Å². The molecule has 206 valence electrons. The summed E-state index contributed by atoms with van der Waals surface area (Å²) in [6, 6.07) is 11.1. The van der Waals surface area contributed by atoms with Crippen molar-refractivity contribution in [2.75, 3.05) is 44.4 Å². The standard InChI is InChI=1S/C29H31F3N4O3/c1-4-29(31,32)18-36-20(7-6-13-33-25-11-10-19(28(37)38)15-27(25)39-3)16-21-23(8-5-9-26(21)36)34-24-12-14-35(2)17-22(24)30/h4-5,8-11,15-16,22,24,33-34H,1,12-14,17-18H2,2-3H3,(H,37,38)/t22-,24+/m0/s1. The van der Waals surface area contributed by atoms with Gasteiger partial charge in [0.05, 0.1) is 48.7 Å². The minimum atomic E-state index is -3.17. The minimum Gasteiger partial charge on any atom is -0.495 e. The van der Waals surface area contributed by atoms with E-state index >= 15 is 0 Å². The van der Waals surface area contributed by atoms with Crippen molar-refractivity contribution in [1.29, 1.82) is 0 Å². The molecule has 2 aromatic carbocycles. The van der Waals surface area contributed by atoms with E-state index in [4.69, 9.17) is 9.84 Å². The fraction of sp³-hybridized carbons (Fsp3) is 0.345. The number of carbonyl (C=O) groups is 1. The molecule has 3 N–H and O–H groups in total. The fourth-order valence-corrected chi connectivity index (χ4v) is 4.62. The van der Waals surface area contributed by atoms with Crippen LogP contribution in [0.1, 0.15) is 22.5 Å². The molecule has 39 heavy (non-hydrogen) atoms. The zero-order valence-corrected chi connectivity index (χ0v) is 21.8. The van der Waals surface area contributed by atoms with Crippen molar-refractivity contribution in [3.05, 3.63) is 66.4 Å². The number of methoxy groups -OCH3 is 1. The second kappa shape index (κ2) is 11.7. The predicted octanol–water partition coefficient (Wildman–Crippen LogP) is 5.09. The highest BCUT2D eigenvalue weighted by Crippen LogP contribution is 2.31. The zero-order chi connectivity index (χ0) is 28.2. The van der Waals surface area contributed by atoms with Crippen molar-refractivity contribution >= 4 is 28.2 Å². The van der Waals surface area contributed by atoms with Crippen molar-refractivity contribution in [1.82, 2.24) is 9.47 Å². The molecule has 0 unspecified atom stereocenters. The third kappa shape index (κ3) is 6.49. The van der Waals surface area contributed by atoms with Gasteiger partial charge in [-0.25, -0.2) is 18.0 Å². The summed E-state index contributed by atoms with van der Waals surface area (Å²) in [7, 11) is 3.31. The third-order valence-electron chi connectivity index (χ3n) is 6.73. The predicted molar refractivity (Wildman–Crippen MR) is 147 cm³/mol. The van der Waals surface area contributed by atoms with E-state index in [0.29, 0.717) is 52.8 Å². The number of piperidine rings is 1. The summed E-state index contributed by atoms with van der Waals surface area (Å²) in [6.07, 6.45) is 0.176. The lowest BCUT2D eigenvalue weighted by Crippen LogP contribution is -2.46. The summed E-state index contributed by atoms with van der Waals surface area (Å²) in [5.41, 5.74) is 2.21. The molecule has 2 atom stereocenters. The number of alkyl halides is 3. The number of rotatable bonds is 9. The molecule has 1 aliphatic heterocycles. The average molecular weight is 541 g/mol. The number of halogens is 3.